The number of methoxy groups -OCH3 is 1. The molecule has 0 saturated carbocycles. The smallest absolute Gasteiger partial charge is 0.335 e. The molecule has 0 saturated heterocycles. The van der Waals surface area contributed by atoms with Gasteiger partial charge in [-0.1, -0.05) is 11.6 Å². The molecule has 1 N–H and O–H groups in total. The lowest BCUT2D eigenvalue weighted by Gasteiger charge is -2.10. The van der Waals surface area contributed by atoms with Crippen molar-refractivity contribution in [1.82, 2.24) is 4.98 Å². The molecule has 0 fully saturated rings. The third kappa shape index (κ3) is 2.69. The number of rotatable bonds is 3. The van der Waals surface area contributed by atoms with E-state index in [4.69, 9.17) is 21.4 Å². The van der Waals surface area contributed by atoms with Gasteiger partial charge in [0.25, 0.3) is 0 Å². The Morgan fingerprint density at radius 3 is 2.74 bits per heavy atom. The van der Waals surface area contributed by atoms with Crippen LogP contribution in [-0.2, 0) is 0 Å². The number of aromatic nitrogens is 1. The van der Waals surface area contributed by atoms with Crippen molar-refractivity contribution in [2.24, 2.45) is 0 Å². The van der Waals surface area contributed by atoms with Crippen molar-refractivity contribution < 1.29 is 14.6 Å². The molecule has 0 radical (unpaired) electrons. The largest absolute Gasteiger partial charge is 0.496 e. The molecule has 19 heavy (non-hydrogen) atoms. The fourth-order valence-electron chi connectivity index (χ4n) is 1.73. The lowest BCUT2D eigenvalue weighted by Crippen LogP contribution is -1.98. The van der Waals surface area contributed by atoms with Crippen LogP contribution in [0.25, 0.3) is 11.3 Å². The van der Waals surface area contributed by atoms with E-state index in [2.05, 4.69) is 4.98 Å². The van der Waals surface area contributed by atoms with E-state index in [0.29, 0.717) is 22.0 Å². The minimum absolute atomic E-state index is 0.170. The van der Waals surface area contributed by atoms with Gasteiger partial charge in [-0.05, 0) is 36.8 Å². The molecule has 4 nitrogen and oxygen atoms in total. The van der Waals surface area contributed by atoms with Crippen LogP contribution in [-0.4, -0.2) is 23.2 Å². The van der Waals surface area contributed by atoms with E-state index in [-0.39, 0.29) is 5.56 Å². The molecule has 0 aliphatic carbocycles. The summed E-state index contributed by atoms with van der Waals surface area (Å²) < 4.78 is 5.29. The molecule has 2 aromatic rings. The van der Waals surface area contributed by atoms with E-state index in [1.807, 2.05) is 6.92 Å². The van der Waals surface area contributed by atoms with Crippen molar-refractivity contribution in [2.45, 2.75) is 6.92 Å². The molecule has 1 aromatic heterocycles. The van der Waals surface area contributed by atoms with Crippen molar-refractivity contribution in [3.8, 4) is 17.0 Å². The summed E-state index contributed by atoms with van der Waals surface area (Å²) in [4.78, 5) is 15.1. The number of ether oxygens (including phenoxy) is 1. The van der Waals surface area contributed by atoms with Crippen molar-refractivity contribution in [1.29, 1.82) is 0 Å². The van der Waals surface area contributed by atoms with E-state index in [9.17, 15) is 4.79 Å². The molecule has 98 valence electrons. The van der Waals surface area contributed by atoms with Gasteiger partial charge in [0.2, 0.25) is 0 Å². The van der Waals surface area contributed by atoms with Gasteiger partial charge in [0.15, 0.2) is 0 Å². The third-order valence-electron chi connectivity index (χ3n) is 2.76. The number of hydrogen-bond acceptors (Lipinski definition) is 3. The van der Waals surface area contributed by atoms with E-state index in [0.717, 1.165) is 5.56 Å². The molecule has 0 bridgehead atoms. The standard InChI is InChI=1S/C14H12ClNO3/c1-8-5-13(19-2)10(7-11(8)15)12-6-9(14(17)18)3-4-16-12/h3-7H,1-2H3,(H,17,18). The highest BCUT2D eigenvalue weighted by atomic mass is 35.5. The molecule has 0 aliphatic heterocycles. The molecule has 5 heteroatoms. The number of carboxylic acid groups (broad SMARTS) is 1. The highest BCUT2D eigenvalue weighted by Crippen LogP contribution is 2.33. The first-order chi connectivity index (χ1) is 9.02. The number of aromatic carboxylic acids is 1. The molecule has 0 unspecified atom stereocenters. The van der Waals surface area contributed by atoms with Crippen molar-refractivity contribution in [3.63, 3.8) is 0 Å². The van der Waals surface area contributed by atoms with Gasteiger partial charge in [0.05, 0.1) is 18.4 Å². The maximum Gasteiger partial charge on any atom is 0.335 e. The van der Waals surface area contributed by atoms with Gasteiger partial charge in [-0.2, -0.15) is 0 Å². The monoisotopic (exact) mass is 277 g/mol. The van der Waals surface area contributed by atoms with Crippen LogP contribution in [0.3, 0.4) is 0 Å². The number of carboxylic acids is 1. The van der Waals surface area contributed by atoms with Crippen molar-refractivity contribution in [3.05, 3.63) is 46.6 Å². The van der Waals surface area contributed by atoms with Gasteiger partial charge in [0.1, 0.15) is 5.75 Å². The summed E-state index contributed by atoms with van der Waals surface area (Å²) in [6, 6.07) is 6.45. The summed E-state index contributed by atoms with van der Waals surface area (Å²) in [6.07, 6.45) is 1.45. The number of hydrogen-bond donors (Lipinski definition) is 1. The molecule has 0 aliphatic rings. The quantitative estimate of drug-likeness (QED) is 0.934. The normalized spacial score (nSPS) is 10.3. The zero-order valence-corrected chi connectivity index (χ0v) is 11.2. The number of pyridine rings is 1. The SMILES string of the molecule is COc1cc(C)c(Cl)cc1-c1cc(C(=O)O)ccn1. The van der Waals surface area contributed by atoms with Gasteiger partial charge in [-0.15, -0.1) is 0 Å². The summed E-state index contributed by atoms with van der Waals surface area (Å²) >= 11 is 6.10. The Kier molecular flexibility index (Phi) is 3.71. The van der Waals surface area contributed by atoms with Crippen LogP contribution in [0.2, 0.25) is 5.02 Å². The number of nitrogens with zero attached hydrogens (tertiary/aromatic N) is 1. The zero-order valence-electron chi connectivity index (χ0n) is 10.5. The number of carbonyl (C=O) groups is 1. The summed E-state index contributed by atoms with van der Waals surface area (Å²) in [5.41, 5.74) is 2.24. The minimum atomic E-state index is -0.999. The summed E-state index contributed by atoms with van der Waals surface area (Å²) in [5.74, 6) is -0.391. The first-order valence-corrected chi connectivity index (χ1v) is 5.94. The minimum Gasteiger partial charge on any atom is -0.496 e. The Labute approximate surface area is 115 Å². The second-order valence-corrected chi connectivity index (χ2v) is 4.44. The lowest BCUT2D eigenvalue weighted by atomic mass is 10.1. The second-order valence-electron chi connectivity index (χ2n) is 4.04. The predicted octanol–water partition coefficient (Wildman–Crippen LogP) is 3.42. The Morgan fingerprint density at radius 2 is 2.11 bits per heavy atom. The molecule has 0 spiro atoms. The number of aryl methyl sites for hydroxylation is 1. The van der Waals surface area contributed by atoms with Gasteiger partial charge in [-0.25, -0.2) is 4.79 Å². The van der Waals surface area contributed by atoms with E-state index >= 15 is 0 Å². The van der Waals surface area contributed by atoms with Crippen LogP contribution in [0.1, 0.15) is 15.9 Å². The maximum absolute atomic E-state index is 11.0. The van der Waals surface area contributed by atoms with Gasteiger partial charge in [-0.3, -0.25) is 4.98 Å². The molecule has 0 amide bonds. The molecule has 1 aromatic carbocycles. The van der Waals surface area contributed by atoms with Gasteiger partial charge < -0.3 is 9.84 Å². The second kappa shape index (κ2) is 5.28. The third-order valence-corrected chi connectivity index (χ3v) is 3.17. The van der Waals surface area contributed by atoms with Gasteiger partial charge >= 0.3 is 5.97 Å². The average Bonchev–Trinajstić information content (AvgIpc) is 2.41. The molecular weight excluding hydrogens is 266 g/mol. The topological polar surface area (TPSA) is 59.4 Å². The molecular formula is C14H12ClNO3. The lowest BCUT2D eigenvalue weighted by molar-refractivity contribution is 0.0697. The molecule has 0 atom stereocenters. The van der Waals surface area contributed by atoms with Crippen LogP contribution < -0.4 is 4.74 Å². The van der Waals surface area contributed by atoms with Crippen LogP contribution in [0.5, 0.6) is 5.75 Å². The highest BCUT2D eigenvalue weighted by Gasteiger charge is 2.12. The van der Waals surface area contributed by atoms with Crippen LogP contribution in [0.15, 0.2) is 30.5 Å². The highest BCUT2D eigenvalue weighted by molar-refractivity contribution is 6.31. The Morgan fingerprint density at radius 1 is 1.37 bits per heavy atom. The van der Waals surface area contributed by atoms with Crippen LogP contribution in [0, 0.1) is 6.92 Å². The van der Waals surface area contributed by atoms with Crippen LogP contribution >= 0.6 is 11.6 Å². The summed E-state index contributed by atoms with van der Waals surface area (Å²) in [5, 5.41) is 9.58. The van der Waals surface area contributed by atoms with E-state index in [1.54, 1.807) is 19.2 Å². The fraction of sp³-hybridized carbons (Fsp3) is 0.143. The number of halogens is 1. The molecule has 2 rings (SSSR count). The molecule has 1 heterocycles. The van der Waals surface area contributed by atoms with Gasteiger partial charge in [0, 0.05) is 16.8 Å². The number of benzene rings is 1. The maximum atomic E-state index is 11.0. The first-order valence-electron chi connectivity index (χ1n) is 5.56. The zero-order chi connectivity index (χ0) is 14.0. The Bertz CT molecular complexity index is 641. The fourth-order valence-corrected chi connectivity index (χ4v) is 1.90. The van der Waals surface area contributed by atoms with Crippen LogP contribution in [0.4, 0.5) is 0 Å². The average molecular weight is 278 g/mol. The van der Waals surface area contributed by atoms with E-state index < -0.39 is 5.97 Å². The summed E-state index contributed by atoms with van der Waals surface area (Å²) in [7, 11) is 1.55. The Balaban J connectivity index is 2.61. The Hall–Kier alpha value is -2.07. The predicted molar refractivity (Wildman–Crippen MR) is 72.9 cm³/mol. The van der Waals surface area contributed by atoms with Crippen molar-refractivity contribution in [2.75, 3.05) is 7.11 Å². The van der Waals surface area contributed by atoms with Crippen molar-refractivity contribution >= 4 is 17.6 Å². The summed E-state index contributed by atoms with van der Waals surface area (Å²) in [6.45, 7) is 1.87. The van der Waals surface area contributed by atoms with E-state index in [1.165, 1.54) is 18.3 Å². The first kappa shape index (κ1) is 13.4.